The molecule has 0 aliphatic carbocycles. The second kappa shape index (κ2) is 8.87. The maximum absolute atomic E-state index is 13.9. The van der Waals surface area contributed by atoms with Crippen LogP contribution in [0, 0.1) is 11.6 Å². The van der Waals surface area contributed by atoms with Crippen LogP contribution in [0.1, 0.15) is 36.5 Å². The van der Waals surface area contributed by atoms with Crippen LogP contribution in [0.5, 0.6) is 5.75 Å². The Morgan fingerprint density at radius 1 is 1.10 bits per heavy atom. The van der Waals surface area contributed by atoms with Crippen molar-refractivity contribution in [1.82, 2.24) is 4.31 Å². The van der Waals surface area contributed by atoms with Crippen LogP contribution in [0.3, 0.4) is 0 Å². The first kappa shape index (κ1) is 21.2. The summed E-state index contributed by atoms with van der Waals surface area (Å²) in [5.41, 5.74) is -0.267. The Kier molecular flexibility index (Phi) is 6.49. The molecule has 1 aliphatic heterocycles. The lowest BCUT2D eigenvalue weighted by Gasteiger charge is -2.26. The summed E-state index contributed by atoms with van der Waals surface area (Å²) in [6.45, 7) is 2.91. The molecular formula is C20H22F2N2O4S. The molecule has 0 bridgehead atoms. The Bertz CT molecular complexity index is 1010. The normalized spacial score (nSPS) is 15.1. The molecule has 0 aromatic heterocycles. The first-order valence-corrected chi connectivity index (χ1v) is 10.8. The molecule has 2 aromatic carbocycles. The molecule has 0 saturated carbocycles. The number of hydrogen-bond donors (Lipinski definition) is 1. The number of rotatable bonds is 6. The summed E-state index contributed by atoms with van der Waals surface area (Å²) < 4.78 is 59.8. The number of hydrogen-bond acceptors (Lipinski definition) is 4. The monoisotopic (exact) mass is 424 g/mol. The number of halogens is 2. The van der Waals surface area contributed by atoms with Gasteiger partial charge in [0.15, 0.2) is 0 Å². The van der Waals surface area contributed by atoms with Gasteiger partial charge in [-0.05, 0) is 50.1 Å². The summed E-state index contributed by atoms with van der Waals surface area (Å²) in [5, 5.41) is 2.48. The topological polar surface area (TPSA) is 75.7 Å². The van der Waals surface area contributed by atoms with Gasteiger partial charge in [0.25, 0.3) is 5.91 Å². The van der Waals surface area contributed by atoms with E-state index in [2.05, 4.69) is 5.32 Å². The molecule has 0 unspecified atom stereocenters. The number of piperidine rings is 1. The van der Waals surface area contributed by atoms with E-state index < -0.39 is 27.6 Å². The number of sulfonamides is 1. The lowest BCUT2D eigenvalue weighted by atomic mass is 10.2. The highest BCUT2D eigenvalue weighted by molar-refractivity contribution is 7.89. The Hall–Kier alpha value is -2.52. The molecule has 0 radical (unpaired) electrons. The van der Waals surface area contributed by atoms with E-state index in [1.54, 1.807) is 6.92 Å². The van der Waals surface area contributed by atoms with Gasteiger partial charge in [0, 0.05) is 19.2 Å². The van der Waals surface area contributed by atoms with Crippen molar-refractivity contribution in [2.45, 2.75) is 31.1 Å². The molecule has 156 valence electrons. The third-order valence-electron chi connectivity index (χ3n) is 4.63. The summed E-state index contributed by atoms with van der Waals surface area (Å²) in [6.07, 6.45) is 2.58. The highest BCUT2D eigenvalue weighted by Gasteiger charge is 2.27. The molecule has 0 spiro atoms. The number of amides is 1. The molecule has 1 fully saturated rings. The SMILES string of the molecule is CCOc1ccc(S(=O)(=O)N2CCCCC2)cc1NC(=O)c1ccc(F)cc1F. The predicted molar refractivity (Wildman–Crippen MR) is 105 cm³/mol. The first-order chi connectivity index (χ1) is 13.8. The number of benzene rings is 2. The fourth-order valence-electron chi connectivity index (χ4n) is 3.17. The van der Waals surface area contributed by atoms with Crippen molar-refractivity contribution < 1.29 is 26.7 Å². The number of anilines is 1. The second-order valence-electron chi connectivity index (χ2n) is 6.63. The maximum atomic E-state index is 13.9. The van der Waals surface area contributed by atoms with Crippen LogP contribution in [0.15, 0.2) is 41.3 Å². The smallest absolute Gasteiger partial charge is 0.258 e. The van der Waals surface area contributed by atoms with Crippen LogP contribution >= 0.6 is 0 Å². The van der Waals surface area contributed by atoms with E-state index in [1.165, 1.54) is 22.5 Å². The van der Waals surface area contributed by atoms with Crippen molar-refractivity contribution in [1.29, 1.82) is 0 Å². The van der Waals surface area contributed by atoms with Gasteiger partial charge in [-0.1, -0.05) is 6.42 Å². The molecule has 2 aromatic rings. The molecule has 29 heavy (non-hydrogen) atoms. The Labute approximate surface area is 168 Å². The molecular weight excluding hydrogens is 402 g/mol. The number of carbonyl (C=O) groups is 1. The molecule has 3 rings (SSSR count). The van der Waals surface area contributed by atoms with Gasteiger partial charge in [-0.25, -0.2) is 17.2 Å². The maximum Gasteiger partial charge on any atom is 0.258 e. The highest BCUT2D eigenvalue weighted by atomic mass is 32.2. The summed E-state index contributed by atoms with van der Waals surface area (Å²) >= 11 is 0. The third-order valence-corrected chi connectivity index (χ3v) is 6.52. The summed E-state index contributed by atoms with van der Waals surface area (Å²) in [7, 11) is -3.73. The molecule has 1 N–H and O–H groups in total. The molecule has 1 saturated heterocycles. The van der Waals surface area contributed by atoms with Gasteiger partial charge in [0.2, 0.25) is 10.0 Å². The van der Waals surface area contributed by atoms with E-state index >= 15 is 0 Å². The number of ether oxygens (including phenoxy) is 1. The number of nitrogens with one attached hydrogen (secondary N) is 1. The van der Waals surface area contributed by atoms with Crippen molar-refractivity contribution in [3.05, 3.63) is 53.6 Å². The van der Waals surface area contributed by atoms with Crippen LogP contribution in [0.25, 0.3) is 0 Å². The first-order valence-electron chi connectivity index (χ1n) is 9.36. The summed E-state index contributed by atoms with van der Waals surface area (Å²) in [5.74, 6) is -2.40. The van der Waals surface area contributed by atoms with Crippen LogP contribution < -0.4 is 10.1 Å². The summed E-state index contributed by atoms with van der Waals surface area (Å²) in [4.78, 5) is 12.5. The predicted octanol–water partition coefficient (Wildman–Crippen LogP) is 3.79. The highest BCUT2D eigenvalue weighted by Crippen LogP contribution is 2.31. The average molecular weight is 424 g/mol. The van der Waals surface area contributed by atoms with Crippen molar-refractivity contribution in [3.63, 3.8) is 0 Å². The molecule has 0 atom stereocenters. The van der Waals surface area contributed by atoms with Gasteiger partial charge in [-0.15, -0.1) is 0 Å². The number of carbonyl (C=O) groups excluding carboxylic acids is 1. The van der Waals surface area contributed by atoms with E-state index in [4.69, 9.17) is 4.74 Å². The van der Waals surface area contributed by atoms with Gasteiger partial charge in [0.05, 0.1) is 22.8 Å². The van der Waals surface area contributed by atoms with Crippen molar-refractivity contribution >= 4 is 21.6 Å². The van der Waals surface area contributed by atoms with E-state index in [9.17, 15) is 22.0 Å². The summed E-state index contributed by atoms with van der Waals surface area (Å²) in [6, 6.07) is 6.78. The minimum absolute atomic E-state index is 0.0118. The van der Waals surface area contributed by atoms with Crippen LogP contribution in [-0.2, 0) is 10.0 Å². The third kappa shape index (κ3) is 4.73. The van der Waals surface area contributed by atoms with E-state index in [-0.39, 0.29) is 28.5 Å². The standard InChI is InChI=1S/C20H22F2N2O4S/c1-2-28-19-9-7-15(29(26,27)24-10-4-3-5-11-24)13-18(19)23-20(25)16-8-6-14(21)12-17(16)22/h6-9,12-13H,2-5,10-11H2,1H3,(H,23,25). The van der Waals surface area contributed by atoms with E-state index in [1.807, 2.05) is 0 Å². The lowest BCUT2D eigenvalue weighted by Crippen LogP contribution is -2.35. The fourth-order valence-corrected chi connectivity index (χ4v) is 4.71. The van der Waals surface area contributed by atoms with Gasteiger partial charge in [-0.2, -0.15) is 4.31 Å². The minimum atomic E-state index is -3.73. The molecule has 1 heterocycles. The Morgan fingerprint density at radius 2 is 1.83 bits per heavy atom. The van der Waals surface area contributed by atoms with E-state index in [0.717, 1.165) is 31.4 Å². The molecule has 9 heteroatoms. The molecule has 1 aliphatic rings. The molecule has 1 amide bonds. The van der Waals surface area contributed by atoms with Crippen molar-refractivity contribution in [2.24, 2.45) is 0 Å². The van der Waals surface area contributed by atoms with Gasteiger partial charge >= 0.3 is 0 Å². The zero-order valence-electron chi connectivity index (χ0n) is 16.0. The van der Waals surface area contributed by atoms with Crippen LogP contribution in [0.2, 0.25) is 0 Å². The van der Waals surface area contributed by atoms with Crippen LogP contribution in [0.4, 0.5) is 14.5 Å². The Morgan fingerprint density at radius 3 is 2.48 bits per heavy atom. The van der Waals surface area contributed by atoms with E-state index in [0.29, 0.717) is 19.2 Å². The van der Waals surface area contributed by atoms with Gasteiger partial charge in [-0.3, -0.25) is 4.79 Å². The van der Waals surface area contributed by atoms with Gasteiger partial charge < -0.3 is 10.1 Å². The van der Waals surface area contributed by atoms with Gasteiger partial charge in [0.1, 0.15) is 17.4 Å². The zero-order chi connectivity index (χ0) is 21.0. The fraction of sp³-hybridized carbons (Fsp3) is 0.350. The van der Waals surface area contributed by atoms with Crippen molar-refractivity contribution in [3.8, 4) is 5.75 Å². The minimum Gasteiger partial charge on any atom is -0.492 e. The molecule has 6 nitrogen and oxygen atoms in total. The lowest BCUT2D eigenvalue weighted by molar-refractivity contribution is 0.102. The Balaban J connectivity index is 1.93. The van der Waals surface area contributed by atoms with Crippen molar-refractivity contribution in [2.75, 3.05) is 25.0 Å². The largest absolute Gasteiger partial charge is 0.492 e. The zero-order valence-corrected chi connectivity index (χ0v) is 16.8. The second-order valence-corrected chi connectivity index (χ2v) is 8.57. The van der Waals surface area contributed by atoms with Crippen LogP contribution in [-0.4, -0.2) is 38.3 Å². The number of nitrogens with zero attached hydrogens (tertiary/aromatic N) is 1. The quantitative estimate of drug-likeness (QED) is 0.766. The average Bonchev–Trinajstić information content (AvgIpc) is 2.70.